The maximum absolute atomic E-state index is 12.7. The van der Waals surface area contributed by atoms with Gasteiger partial charge in [0.1, 0.15) is 5.75 Å². The summed E-state index contributed by atoms with van der Waals surface area (Å²) in [4.78, 5) is 28.6. The average Bonchev–Trinajstić information content (AvgIpc) is 3.21. The molecule has 3 aromatic rings. The molecule has 1 aliphatic rings. The van der Waals surface area contributed by atoms with Crippen LogP contribution in [-0.4, -0.2) is 46.2 Å². The first-order valence-corrected chi connectivity index (χ1v) is 10.4. The summed E-state index contributed by atoms with van der Waals surface area (Å²) in [6, 6.07) is 17.5. The number of nitrogens with zero attached hydrogens (tertiary/aromatic N) is 4. The van der Waals surface area contributed by atoms with Gasteiger partial charge in [-0.1, -0.05) is 42.5 Å². The molecule has 0 bridgehead atoms. The maximum Gasteiger partial charge on any atom is 0.267 e. The molecule has 2 amide bonds. The Morgan fingerprint density at radius 2 is 1.84 bits per heavy atom. The number of aromatic nitrogens is 2. The Hall–Kier alpha value is -3.61. The number of hydrogen-bond donors (Lipinski definition) is 0. The molecular weight excluding hydrogens is 392 g/mol. The molecule has 1 unspecified atom stereocenters. The number of amides is 2. The number of benzene rings is 2. The topological polar surface area (TPSA) is 67.7 Å². The molecule has 7 heteroatoms. The molecule has 0 saturated carbocycles. The third-order valence-electron chi connectivity index (χ3n) is 5.34. The van der Waals surface area contributed by atoms with Crippen molar-refractivity contribution in [2.24, 2.45) is 0 Å². The van der Waals surface area contributed by atoms with E-state index in [2.05, 4.69) is 17.2 Å². The Labute approximate surface area is 181 Å². The SMILES string of the molecule is CC1Oc2ccccc2N(CCC(=O)N(C)Cc2cnn(Cc3ccccc3)c2)C1=O. The summed E-state index contributed by atoms with van der Waals surface area (Å²) in [7, 11) is 1.77. The quantitative estimate of drug-likeness (QED) is 0.591. The zero-order valence-electron chi connectivity index (χ0n) is 17.8. The minimum absolute atomic E-state index is 0.0276. The fourth-order valence-electron chi connectivity index (χ4n) is 3.69. The second kappa shape index (κ2) is 9.04. The van der Waals surface area contributed by atoms with Crippen LogP contribution < -0.4 is 9.64 Å². The minimum Gasteiger partial charge on any atom is -0.479 e. The van der Waals surface area contributed by atoms with Crippen molar-refractivity contribution in [3.63, 3.8) is 0 Å². The van der Waals surface area contributed by atoms with Crippen molar-refractivity contribution in [2.45, 2.75) is 32.5 Å². The van der Waals surface area contributed by atoms with Gasteiger partial charge in [-0.3, -0.25) is 14.3 Å². The molecule has 1 aromatic heterocycles. The van der Waals surface area contributed by atoms with Crippen LogP contribution in [-0.2, 0) is 22.7 Å². The van der Waals surface area contributed by atoms with Gasteiger partial charge in [0, 0.05) is 38.3 Å². The Kier molecular flexibility index (Phi) is 6.02. The van der Waals surface area contributed by atoms with Crippen LogP contribution in [0, 0.1) is 0 Å². The molecule has 7 nitrogen and oxygen atoms in total. The largest absolute Gasteiger partial charge is 0.479 e. The van der Waals surface area contributed by atoms with Gasteiger partial charge in [0.15, 0.2) is 6.10 Å². The third kappa shape index (κ3) is 4.77. The molecule has 0 spiro atoms. The second-order valence-corrected chi connectivity index (χ2v) is 7.75. The van der Waals surface area contributed by atoms with Crippen molar-refractivity contribution in [1.29, 1.82) is 0 Å². The summed E-state index contributed by atoms with van der Waals surface area (Å²) < 4.78 is 7.53. The fraction of sp³-hybridized carbons (Fsp3) is 0.292. The smallest absolute Gasteiger partial charge is 0.267 e. The van der Waals surface area contributed by atoms with Crippen molar-refractivity contribution >= 4 is 17.5 Å². The lowest BCUT2D eigenvalue weighted by molar-refractivity contribution is -0.130. The highest BCUT2D eigenvalue weighted by molar-refractivity contribution is 6.00. The van der Waals surface area contributed by atoms with E-state index in [9.17, 15) is 9.59 Å². The van der Waals surface area contributed by atoms with Gasteiger partial charge in [-0.2, -0.15) is 5.10 Å². The van der Waals surface area contributed by atoms with E-state index in [0.717, 1.165) is 5.56 Å². The molecule has 0 aliphatic carbocycles. The Bertz CT molecular complexity index is 1060. The van der Waals surface area contributed by atoms with E-state index in [1.165, 1.54) is 5.56 Å². The molecule has 1 aliphatic heterocycles. The molecule has 160 valence electrons. The van der Waals surface area contributed by atoms with Crippen molar-refractivity contribution in [3.05, 3.63) is 78.1 Å². The highest BCUT2D eigenvalue weighted by Gasteiger charge is 2.31. The summed E-state index contributed by atoms with van der Waals surface area (Å²) in [5, 5.41) is 4.40. The van der Waals surface area contributed by atoms with Crippen molar-refractivity contribution < 1.29 is 14.3 Å². The first-order valence-electron chi connectivity index (χ1n) is 10.4. The van der Waals surface area contributed by atoms with Crippen LogP contribution >= 0.6 is 0 Å². The van der Waals surface area contributed by atoms with Gasteiger partial charge in [0.2, 0.25) is 5.91 Å². The number of rotatable bonds is 7. The van der Waals surface area contributed by atoms with Gasteiger partial charge >= 0.3 is 0 Å². The monoisotopic (exact) mass is 418 g/mol. The molecule has 1 atom stereocenters. The molecule has 0 fully saturated rings. The predicted molar refractivity (Wildman–Crippen MR) is 118 cm³/mol. The van der Waals surface area contributed by atoms with E-state index in [0.29, 0.717) is 31.1 Å². The fourth-order valence-corrected chi connectivity index (χ4v) is 3.69. The minimum atomic E-state index is -0.557. The zero-order chi connectivity index (χ0) is 21.8. The number of carbonyl (C=O) groups excluding carboxylic acids is 2. The molecule has 2 heterocycles. The maximum atomic E-state index is 12.7. The molecule has 0 saturated heterocycles. The molecule has 31 heavy (non-hydrogen) atoms. The average molecular weight is 418 g/mol. The van der Waals surface area contributed by atoms with Crippen LogP contribution in [0.15, 0.2) is 67.0 Å². The molecule has 4 rings (SSSR count). The van der Waals surface area contributed by atoms with Crippen molar-refractivity contribution in [2.75, 3.05) is 18.5 Å². The molecular formula is C24H26N4O3. The van der Waals surface area contributed by atoms with Crippen molar-refractivity contribution in [3.8, 4) is 5.75 Å². The van der Waals surface area contributed by atoms with Gasteiger partial charge in [-0.25, -0.2) is 0 Å². The number of ether oxygens (including phenoxy) is 1. The second-order valence-electron chi connectivity index (χ2n) is 7.75. The van der Waals surface area contributed by atoms with Crippen LogP contribution in [0.1, 0.15) is 24.5 Å². The lowest BCUT2D eigenvalue weighted by Gasteiger charge is -2.33. The van der Waals surface area contributed by atoms with E-state index in [4.69, 9.17) is 4.74 Å². The number of fused-ring (bicyclic) bond motifs is 1. The highest BCUT2D eigenvalue weighted by Crippen LogP contribution is 2.33. The molecule has 0 radical (unpaired) electrons. The van der Waals surface area contributed by atoms with E-state index < -0.39 is 6.10 Å². The van der Waals surface area contributed by atoms with Crippen molar-refractivity contribution in [1.82, 2.24) is 14.7 Å². The number of hydrogen-bond acceptors (Lipinski definition) is 4. The van der Waals surface area contributed by atoms with Gasteiger partial charge < -0.3 is 14.5 Å². The van der Waals surface area contributed by atoms with Gasteiger partial charge in [0.05, 0.1) is 18.4 Å². The van der Waals surface area contributed by atoms with E-state index in [-0.39, 0.29) is 18.2 Å². The van der Waals surface area contributed by atoms with Crippen LogP contribution in [0.25, 0.3) is 0 Å². The van der Waals surface area contributed by atoms with Crippen LogP contribution in [0.4, 0.5) is 5.69 Å². The Morgan fingerprint density at radius 1 is 1.10 bits per heavy atom. The zero-order valence-corrected chi connectivity index (χ0v) is 17.8. The predicted octanol–water partition coefficient (Wildman–Crippen LogP) is 3.09. The third-order valence-corrected chi connectivity index (χ3v) is 5.34. The summed E-state index contributed by atoms with van der Waals surface area (Å²) in [5.74, 6) is 0.512. The molecule has 2 aromatic carbocycles. The first-order chi connectivity index (χ1) is 15.0. The molecule has 0 N–H and O–H groups in total. The van der Waals surface area contributed by atoms with Crippen LogP contribution in [0.3, 0.4) is 0 Å². The Morgan fingerprint density at radius 3 is 2.65 bits per heavy atom. The highest BCUT2D eigenvalue weighted by atomic mass is 16.5. The van der Waals surface area contributed by atoms with Crippen LogP contribution in [0.5, 0.6) is 5.75 Å². The Balaban J connectivity index is 1.34. The summed E-state index contributed by atoms with van der Waals surface area (Å²) in [6.07, 6.45) is 3.43. The van der Waals surface area contributed by atoms with E-state index in [1.54, 1.807) is 30.0 Å². The van der Waals surface area contributed by atoms with Crippen LogP contribution in [0.2, 0.25) is 0 Å². The van der Waals surface area contributed by atoms with Gasteiger partial charge in [0.25, 0.3) is 5.91 Å². The number of anilines is 1. The van der Waals surface area contributed by atoms with Gasteiger partial charge in [-0.05, 0) is 24.6 Å². The standard InChI is InChI=1S/C24H26N4O3/c1-18-24(30)28(21-10-6-7-11-22(21)31-18)13-12-23(29)26(2)15-20-14-25-27(17-20)16-19-8-4-3-5-9-19/h3-11,14,17-18H,12-13,15-16H2,1-2H3. The van der Waals surface area contributed by atoms with E-state index in [1.807, 2.05) is 53.3 Å². The summed E-state index contributed by atoms with van der Waals surface area (Å²) in [6.45, 7) is 3.21. The number of para-hydroxylation sites is 2. The van der Waals surface area contributed by atoms with Gasteiger partial charge in [-0.15, -0.1) is 0 Å². The summed E-state index contributed by atoms with van der Waals surface area (Å²) >= 11 is 0. The van der Waals surface area contributed by atoms with E-state index >= 15 is 0 Å². The normalized spacial score (nSPS) is 15.4. The lowest BCUT2D eigenvalue weighted by atomic mass is 10.1. The first kappa shape index (κ1) is 20.7. The number of carbonyl (C=O) groups is 2. The lowest BCUT2D eigenvalue weighted by Crippen LogP contribution is -2.45. The summed E-state index contributed by atoms with van der Waals surface area (Å²) in [5.41, 5.74) is 2.85.